The molecule has 0 radical (unpaired) electrons. The number of rotatable bonds is 7. The Labute approximate surface area is 215 Å². The minimum Gasteiger partial charge on any atom is -0.480 e. The van der Waals surface area contributed by atoms with Crippen LogP contribution < -0.4 is 21.1 Å². The highest BCUT2D eigenvalue weighted by molar-refractivity contribution is 8.00. The SMILES string of the molecule is O=C1CSc2ccc(N3C[C@H](CCCN[C@H]4c5cccc6ccc(=O)n(c56)[C@@H]4C(=O)O)OC3=O)cc2N1. The molecular weight excluding hydrogens is 496 g/mol. The number of nitrogens with one attached hydrogen (secondary N) is 2. The smallest absolute Gasteiger partial charge is 0.414 e. The number of benzene rings is 2. The van der Waals surface area contributed by atoms with E-state index in [4.69, 9.17) is 4.74 Å². The molecule has 0 saturated carbocycles. The molecule has 1 saturated heterocycles. The first-order chi connectivity index (χ1) is 17.9. The quantitative estimate of drug-likeness (QED) is 0.405. The average Bonchev–Trinajstić information content (AvgIpc) is 3.42. The molecule has 1 aromatic heterocycles. The Kier molecular flexibility index (Phi) is 5.88. The number of carbonyl (C=O) groups excluding carboxylic acids is 2. The standard InChI is InChI=1S/C26H24N4O6S/c31-20-13-37-19-8-7-15(11-18(19)28-20)29-12-16(36-26(29)35)4-2-10-27-22-17-5-1-3-14-6-9-21(32)30(23(14)17)24(22)25(33)34/h1,3,5-9,11,16,22,24,27H,2,4,10,12-13H2,(H,28,31)(H,33,34)/t16-,22-,24-/m0/s1. The van der Waals surface area contributed by atoms with Crippen LogP contribution in [0, 0.1) is 0 Å². The van der Waals surface area contributed by atoms with Gasteiger partial charge in [-0.05, 0) is 54.6 Å². The number of carboxylic acids is 1. The van der Waals surface area contributed by atoms with E-state index < -0.39 is 24.1 Å². The van der Waals surface area contributed by atoms with Crippen LogP contribution in [0.25, 0.3) is 10.9 Å². The largest absolute Gasteiger partial charge is 0.480 e. The number of carbonyl (C=O) groups is 3. The number of aromatic nitrogens is 1. The van der Waals surface area contributed by atoms with Crippen molar-refractivity contribution in [2.24, 2.45) is 0 Å². The molecule has 37 heavy (non-hydrogen) atoms. The maximum Gasteiger partial charge on any atom is 0.414 e. The van der Waals surface area contributed by atoms with Gasteiger partial charge in [0.05, 0.1) is 29.5 Å². The van der Waals surface area contributed by atoms with E-state index in [0.29, 0.717) is 48.6 Å². The van der Waals surface area contributed by atoms with Gasteiger partial charge in [0.15, 0.2) is 6.04 Å². The highest BCUT2D eigenvalue weighted by atomic mass is 32.2. The van der Waals surface area contributed by atoms with Crippen LogP contribution in [0.5, 0.6) is 0 Å². The monoisotopic (exact) mass is 520 g/mol. The van der Waals surface area contributed by atoms with Crippen molar-refractivity contribution in [3.05, 3.63) is 64.4 Å². The number of carboxylic acid groups (broad SMARTS) is 1. The predicted molar refractivity (Wildman–Crippen MR) is 138 cm³/mol. The molecule has 0 aliphatic carbocycles. The number of hydrogen-bond donors (Lipinski definition) is 3. The van der Waals surface area contributed by atoms with E-state index >= 15 is 0 Å². The van der Waals surface area contributed by atoms with Gasteiger partial charge in [0, 0.05) is 16.6 Å². The molecule has 3 aliphatic heterocycles. The maximum absolute atomic E-state index is 12.5. The lowest BCUT2D eigenvalue weighted by Gasteiger charge is -2.20. The zero-order valence-corrected chi connectivity index (χ0v) is 20.5. The van der Waals surface area contributed by atoms with Gasteiger partial charge in [-0.3, -0.25) is 19.1 Å². The van der Waals surface area contributed by atoms with Gasteiger partial charge in [-0.25, -0.2) is 9.59 Å². The third-order valence-corrected chi connectivity index (χ3v) is 8.09. The lowest BCUT2D eigenvalue weighted by molar-refractivity contribution is -0.141. The second-order valence-corrected chi connectivity index (χ2v) is 10.3. The summed E-state index contributed by atoms with van der Waals surface area (Å²) in [4.78, 5) is 51.5. The molecule has 1 fully saturated rings. The normalized spacial score (nSPS) is 22.2. The zero-order chi connectivity index (χ0) is 25.7. The van der Waals surface area contributed by atoms with Crippen molar-refractivity contribution in [3.8, 4) is 0 Å². The number of ether oxygens (including phenoxy) is 1. The van der Waals surface area contributed by atoms with E-state index in [1.807, 2.05) is 30.3 Å². The van der Waals surface area contributed by atoms with Crippen LogP contribution in [0.15, 0.2) is 58.2 Å². The molecule has 190 valence electrons. The number of cyclic esters (lactones) is 1. The fourth-order valence-corrected chi connectivity index (χ4v) is 6.16. The Morgan fingerprint density at radius 3 is 2.86 bits per heavy atom. The summed E-state index contributed by atoms with van der Waals surface area (Å²) in [6.45, 7) is 0.879. The van der Waals surface area contributed by atoms with Gasteiger partial charge in [-0.1, -0.05) is 18.2 Å². The highest BCUT2D eigenvalue weighted by Crippen LogP contribution is 2.39. The van der Waals surface area contributed by atoms with Gasteiger partial charge >= 0.3 is 12.1 Å². The molecule has 0 bridgehead atoms. The molecule has 3 atom stereocenters. The molecule has 10 nitrogen and oxygen atoms in total. The average molecular weight is 521 g/mol. The topological polar surface area (TPSA) is 130 Å². The summed E-state index contributed by atoms with van der Waals surface area (Å²) in [5, 5.41) is 16.9. The first-order valence-electron chi connectivity index (χ1n) is 12.1. The van der Waals surface area contributed by atoms with Gasteiger partial charge in [-0.2, -0.15) is 0 Å². The number of pyridine rings is 1. The second kappa shape index (κ2) is 9.24. The van der Waals surface area contributed by atoms with Crippen molar-refractivity contribution in [1.82, 2.24) is 9.88 Å². The Morgan fingerprint density at radius 1 is 1.16 bits per heavy atom. The van der Waals surface area contributed by atoms with Crippen molar-refractivity contribution in [2.45, 2.75) is 35.9 Å². The summed E-state index contributed by atoms with van der Waals surface area (Å²) >= 11 is 1.46. The van der Waals surface area contributed by atoms with Crippen LogP contribution in [0.3, 0.4) is 0 Å². The molecule has 2 amide bonds. The fourth-order valence-electron chi connectivity index (χ4n) is 5.37. The van der Waals surface area contributed by atoms with Gasteiger partial charge in [0.2, 0.25) is 5.91 Å². The Hall–Kier alpha value is -3.83. The molecule has 2 aromatic carbocycles. The van der Waals surface area contributed by atoms with Crippen LogP contribution in [0.2, 0.25) is 0 Å². The van der Waals surface area contributed by atoms with Crippen molar-refractivity contribution >= 4 is 52.0 Å². The molecule has 3 aliphatic rings. The molecule has 3 N–H and O–H groups in total. The number of anilines is 2. The van der Waals surface area contributed by atoms with E-state index in [1.54, 1.807) is 17.0 Å². The van der Waals surface area contributed by atoms with Gasteiger partial charge in [-0.15, -0.1) is 11.8 Å². The summed E-state index contributed by atoms with van der Waals surface area (Å²) in [5.41, 5.74) is 2.46. The van der Waals surface area contributed by atoms with E-state index in [2.05, 4.69) is 10.6 Å². The molecule has 0 spiro atoms. The number of aliphatic carboxylic acids is 1. The maximum atomic E-state index is 12.5. The predicted octanol–water partition coefficient (Wildman–Crippen LogP) is 3.12. The second-order valence-electron chi connectivity index (χ2n) is 9.32. The molecule has 6 rings (SSSR count). The molecule has 4 heterocycles. The minimum atomic E-state index is -1.07. The van der Waals surface area contributed by atoms with E-state index in [1.165, 1.54) is 22.4 Å². The first-order valence-corrected chi connectivity index (χ1v) is 13.0. The lowest BCUT2D eigenvalue weighted by Crippen LogP contribution is -2.35. The number of nitrogens with zero attached hydrogens (tertiary/aromatic N) is 2. The third-order valence-electron chi connectivity index (χ3n) is 7.01. The van der Waals surface area contributed by atoms with Gasteiger partial charge in [0.1, 0.15) is 6.10 Å². The van der Waals surface area contributed by atoms with Crippen molar-refractivity contribution in [3.63, 3.8) is 0 Å². The highest BCUT2D eigenvalue weighted by Gasteiger charge is 2.39. The Bertz CT molecular complexity index is 1500. The molecule has 11 heteroatoms. The van der Waals surface area contributed by atoms with Crippen molar-refractivity contribution < 1.29 is 24.2 Å². The third kappa shape index (κ3) is 4.13. The number of para-hydroxylation sites is 1. The number of hydrogen-bond acceptors (Lipinski definition) is 7. The zero-order valence-electron chi connectivity index (χ0n) is 19.7. The summed E-state index contributed by atoms with van der Waals surface area (Å²) in [7, 11) is 0. The van der Waals surface area contributed by atoms with Gasteiger partial charge < -0.3 is 20.5 Å². The van der Waals surface area contributed by atoms with Gasteiger partial charge in [0.25, 0.3) is 5.56 Å². The summed E-state index contributed by atoms with van der Waals surface area (Å²) in [6, 6.07) is 12.7. The Morgan fingerprint density at radius 2 is 2.03 bits per heavy atom. The summed E-state index contributed by atoms with van der Waals surface area (Å²) < 4.78 is 6.93. The molecular formula is C26H24N4O6S. The molecule has 3 aromatic rings. The van der Waals surface area contributed by atoms with Crippen molar-refractivity contribution in [1.29, 1.82) is 0 Å². The van der Waals surface area contributed by atoms with E-state index in [9.17, 15) is 24.3 Å². The first kappa shape index (κ1) is 23.6. The minimum absolute atomic E-state index is 0.0689. The van der Waals surface area contributed by atoms with E-state index in [0.717, 1.165) is 15.8 Å². The van der Waals surface area contributed by atoms with Crippen LogP contribution in [0.1, 0.15) is 30.5 Å². The Balaban J connectivity index is 1.09. The van der Waals surface area contributed by atoms with Crippen LogP contribution >= 0.6 is 11.8 Å². The molecule has 0 unspecified atom stereocenters. The number of amides is 2. The summed E-state index contributed by atoms with van der Waals surface area (Å²) in [6.07, 6.45) is 0.494. The number of thioether (sulfide) groups is 1. The van der Waals surface area contributed by atoms with Crippen LogP contribution in [0.4, 0.5) is 16.2 Å². The van der Waals surface area contributed by atoms with Crippen LogP contribution in [-0.2, 0) is 14.3 Å². The van der Waals surface area contributed by atoms with Crippen LogP contribution in [-0.4, -0.2) is 52.6 Å². The summed E-state index contributed by atoms with van der Waals surface area (Å²) in [5.74, 6) is -0.760. The van der Waals surface area contributed by atoms with Crippen molar-refractivity contribution in [2.75, 3.05) is 29.1 Å². The number of fused-ring (bicyclic) bond motifs is 1. The fraction of sp³-hybridized carbons (Fsp3) is 0.308. The lowest BCUT2D eigenvalue weighted by atomic mass is 10.0. The van der Waals surface area contributed by atoms with E-state index in [-0.39, 0.29) is 17.6 Å².